The van der Waals surface area contributed by atoms with E-state index in [4.69, 9.17) is 0 Å². The standard InChI is InChI=1S/C21H30N4O3S/c1-22(2)14-15-23(16-18-8-5-4-6-9-18)21(26)20-11-10-19-17-24(29(3,27)28)12-7-13-25(19)20/h4-6,8-11H,7,12-17H2,1-3H3. The molecule has 0 spiro atoms. The van der Waals surface area contributed by atoms with Crippen LogP contribution in [0.15, 0.2) is 42.5 Å². The molecule has 0 radical (unpaired) electrons. The number of likely N-dealkylation sites (N-methyl/N-ethyl adjacent to an activating group) is 1. The number of benzene rings is 1. The summed E-state index contributed by atoms with van der Waals surface area (Å²) in [5.74, 6) is -0.0187. The largest absolute Gasteiger partial charge is 0.339 e. The first-order valence-corrected chi connectivity index (χ1v) is 11.7. The average molecular weight is 419 g/mol. The Morgan fingerprint density at radius 1 is 1.03 bits per heavy atom. The summed E-state index contributed by atoms with van der Waals surface area (Å²) in [5.41, 5.74) is 2.58. The van der Waals surface area contributed by atoms with Crippen LogP contribution in [0.4, 0.5) is 0 Å². The lowest BCUT2D eigenvalue weighted by Crippen LogP contribution is -2.37. The number of hydrogen-bond donors (Lipinski definition) is 0. The second kappa shape index (κ2) is 9.11. The van der Waals surface area contributed by atoms with Gasteiger partial charge in [0.1, 0.15) is 5.69 Å². The van der Waals surface area contributed by atoms with Crippen molar-refractivity contribution >= 4 is 15.9 Å². The number of aromatic nitrogens is 1. The maximum absolute atomic E-state index is 13.4. The van der Waals surface area contributed by atoms with Crippen LogP contribution in [0.3, 0.4) is 0 Å². The third-order valence-corrected chi connectivity index (χ3v) is 6.46. The first-order chi connectivity index (χ1) is 13.8. The molecular weight excluding hydrogens is 388 g/mol. The third-order valence-electron chi connectivity index (χ3n) is 5.21. The van der Waals surface area contributed by atoms with Crippen LogP contribution in [-0.2, 0) is 29.7 Å². The lowest BCUT2D eigenvalue weighted by Gasteiger charge is -2.25. The predicted molar refractivity (Wildman–Crippen MR) is 114 cm³/mol. The van der Waals surface area contributed by atoms with Crippen molar-refractivity contribution in [2.75, 3.05) is 40.0 Å². The third kappa shape index (κ3) is 5.46. The highest BCUT2D eigenvalue weighted by molar-refractivity contribution is 7.88. The van der Waals surface area contributed by atoms with Crippen molar-refractivity contribution in [2.24, 2.45) is 0 Å². The van der Waals surface area contributed by atoms with Gasteiger partial charge in [-0.3, -0.25) is 4.79 Å². The van der Waals surface area contributed by atoms with E-state index in [0.717, 1.165) is 17.8 Å². The summed E-state index contributed by atoms with van der Waals surface area (Å²) >= 11 is 0. The number of rotatable bonds is 7. The van der Waals surface area contributed by atoms with Crippen LogP contribution in [0.25, 0.3) is 0 Å². The van der Waals surface area contributed by atoms with E-state index in [0.29, 0.717) is 44.8 Å². The fourth-order valence-electron chi connectivity index (χ4n) is 3.59. The van der Waals surface area contributed by atoms with Gasteiger partial charge in [-0.2, -0.15) is 4.31 Å². The Hall–Kier alpha value is -2.16. The van der Waals surface area contributed by atoms with Gasteiger partial charge in [-0.15, -0.1) is 0 Å². The Kier molecular flexibility index (Phi) is 6.77. The van der Waals surface area contributed by atoms with Crippen molar-refractivity contribution in [3.05, 3.63) is 59.4 Å². The zero-order valence-corrected chi connectivity index (χ0v) is 18.2. The van der Waals surface area contributed by atoms with Crippen molar-refractivity contribution in [3.8, 4) is 0 Å². The molecule has 2 aromatic rings. The van der Waals surface area contributed by atoms with E-state index in [9.17, 15) is 13.2 Å². The molecule has 2 heterocycles. The lowest BCUT2D eigenvalue weighted by molar-refractivity contribution is 0.0720. The van der Waals surface area contributed by atoms with Crippen molar-refractivity contribution in [3.63, 3.8) is 0 Å². The summed E-state index contributed by atoms with van der Waals surface area (Å²) in [6, 6.07) is 13.7. The SMILES string of the molecule is CN(C)CCN(Cc1ccccc1)C(=O)c1ccc2n1CCCN(S(C)(=O)=O)C2. The number of sulfonamides is 1. The molecule has 1 aliphatic heterocycles. The minimum absolute atomic E-state index is 0.0187. The van der Waals surface area contributed by atoms with Gasteiger partial charge in [0.05, 0.1) is 12.8 Å². The molecule has 8 heteroatoms. The fourth-order valence-corrected chi connectivity index (χ4v) is 4.41. The smallest absolute Gasteiger partial charge is 0.270 e. The highest BCUT2D eigenvalue weighted by Gasteiger charge is 2.26. The highest BCUT2D eigenvalue weighted by Crippen LogP contribution is 2.20. The summed E-state index contributed by atoms with van der Waals surface area (Å²) in [4.78, 5) is 17.4. The minimum atomic E-state index is -3.26. The molecule has 1 aromatic carbocycles. The topological polar surface area (TPSA) is 65.9 Å². The van der Waals surface area contributed by atoms with Crippen LogP contribution in [0.1, 0.15) is 28.2 Å². The molecule has 0 aliphatic carbocycles. The molecule has 0 N–H and O–H groups in total. The van der Waals surface area contributed by atoms with Crippen molar-refractivity contribution in [1.82, 2.24) is 18.7 Å². The Bertz CT molecular complexity index is 938. The van der Waals surface area contributed by atoms with Crippen LogP contribution in [0, 0.1) is 0 Å². The van der Waals surface area contributed by atoms with Gasteiger partial charge >= 0.3 is 0 Å². The monoisotopic (exact) mass is 418 g/mol. The first-order valence-electron chi connectivity index (χ1n) is 9.87. The molecule has 158 valence electrons. The molecule has 1 aliphatic rings. The Morgan fingerprint density at radius 2 is 1.76 bits per heavy atom. The van der Waals surface area contributed by atoms with E-state index in [-0.39, 0.29) is 5.91 Å². The van der Waals surface area contributed by atoms with E-state index in [1.165, 1.54) is 10.6 Å². The molecule has 0 fully saturated rings. The van der Waals surface area contributed by atoms with Gasteiger partial charge in [0.15, 0.2) is 0 Å². The molecule has 0 atom stereocenters. The summed E-state index contributed by atoms with van der Waals surface area (Å²) in [6.07, 6.45) is 1.92. The van der Waals surface area contributed by atoms with Crippen molar-refractivity contribution < 1.29 is 13.2 Å². The van der Waals surface area contributed by atoms with E-state index >= 15 is 0 Å². The highest BCUT2D eigenvalue weighted by atomic mass is 32.2. The molecular formula is C21H30N4O3S. The zero-order chi connectivity index (χ0) is 21.0. The van der Waals surface area contributed by atoms with Crippen molar-refractivity contribution in [2.45, 2.75) is 26.1 Å². The predicted octanol–water partition coefficient (Wildman–Crippen LogP) is 1.86. The molecule has 0 saturated heterocycles. The van der Waals surface area contributed by atoms with Gasteiger partial charge in [0.2, 0.25) is 10.0 Å². The molecule has 0 unspecified atom stereocenters. The molecule has 7 nitrogen and oxygen atoms in total. The van der Waals surface area contributed by atoms with Gasteiger partial charge < -0.3 is 14.4 Å². The summed E-state index contributed by atoms with van der Waals surface area (Å²) in [6.45, 7) is 3.36. The number of nitrogens with zero attached hydrogens (tertiary/aromatic N) is 4. The molecule has 0 bridgehead atoms. The zero-order valence-electron chi connectivity index (χ0n) is 17.4. The van der Waals surface area contributed by atoms with Crippen LogP contribution >= 0.6 is 0 Å². The second-order valence-electron chi connectivity index (χ2n) is 7.83. The molecule has 3 rings (SSSR count). The van der Waals surface area contributed by atoms with E-state index in [1.54, 1.807) is 0 Å². The van der Waals surface area contributed by atoms with Crippen molar-refractivity contribution in [1.29, 1.82) is 0 Å². The average Bonchev–Trinajstić information content (AvgIpc) is 2.93. The number of amides is 1. The van der Waals surface area contributed by atoms with Gasteiger partial charge in [-0.1, -0.05) is 30.3 Å². The van der Waals surface area contributed by atoms with Crippen LogP contribution in [0.5, 0.6) is 0 Å². The van der Waals surface area contributed by atoms with Crippen LogP contribution < -0.4 is 0 Å². The van der Waals surface area contributed by atoms with Crippen LogP contribution in [-0.4, -0.2) is 73.0 Å². The van der Waals surface area contributed by atoms with E-state index in [1.807, 2.05) is 66.0 Å². The maximum Gasteiger partial charge on any atom is 0.270 e. The van der Waals surface area contributed by atoms with Gasteiger partial charge in [0, 0.05) is 38.4 Å². The summed E-state index contributed by atoms with van der Waals surface area (Å²) in [7, 11) is 0.730. The van der Waals surface area contributed by atoms with E-state index in [2.05, 4.69) is 4.90 Å². The molecule has 1 amide bonds. The molecule has 29 heavy (non-hydrogen) atoms. The Morgan fingerprint density at radius 3 is 2.41 bits per heavy atom. The number of hydrogen-bond acceptors (Lipinski definition) is 4. The number of fused-ring (bicyclic) bond motifs is 1. The second-order valence-corrected chi connectivity index (χ2v) is 9.81. The summed E-state index contributed by atoms with van der Waals surface area (Å²) < 4.78 is 27.4. The normalized spacial score (nSPS) is 15.2. The minimum Gasteiger partial charge on any atom is -0.339 e. The first kappa shape index (κ1) is 21.5. The lowest BCUT2D eigenvalue weighted by atomic mass is 10.2. The Balaban J connectivity index is 1.85. The summed E-state index contributed by atoms with van der Waals surface area (Å²) in [5, 5.41) is 0. The number of carbonyl (C=O) groups excluding carboxylic acids is 1. The molecule has 1 aromatic heterocycles. The maximum atomic E-state index is 13.4. The van der Waals surface area contributed by atoms with Gasteiger partial charge in [-0.05, 0) is 38.2 Å². The van der Waals surface area contributed by atoms with Gasteiger partial charge in [-0.25, -0.2) is 8.42 Å². The Labute approximate surface area is 173 Å². The van der Waals surface area contributed by atoms with Crippen LogP contribution in [0.2, 0.25) is 0 Å². The van der Waals surface area contributed by atoms with Gasteiger partial charge in [0.25, 0.3) is 5.91 Å². The van der Waals surface area contributed by atoms with E-state index < -0.39 is 10.0 Å². The molecule has 0 saturated carbocycles. The quantitative estimate of drug-likeness (QED) is 0.688. The fraction of sp³-hybridized carbons (Fsp3) is 0.476. The number of carbonyl (C=O) groups is 1.